The second-order valence-corrected chi connectivity index (χ2v) is 4.59. The lowest BCUT2D eigenvalue weighted by Crippen LogP contribution is -2.32. The molecular weight excluding hydrogens is 251 g/mol. The molecule has 1 saturated heterocycles. The van der Waals surface area contributed by atoms with Gasteiger partial charge in [-0.25, -0.2) is 4.39 Å². The Balaban J connectivity index is 1.86. The van der Waals surface area contributed by atoms with Crippen LogP contribution in [0.3, 0.4) is 0 Å². The standard InChI is InChI=1S/C13H15FN2O3/c14-10-3-1-2-4-11(10)15-12(17)8-16-6-5-9(7-16)13(18)19/h1-4,9H,5-8H2,(H,15,17)(H,18,19). The molecule has 102 valence electrons. The van der Waals surface area contributed by atoms with Crippen molar-refractivity contribution in [2.45, 2.75) is 6.42 Å². The lowest BCUT2D eigenvalue weighted by atomic mass is 10.1. The van der Waals surface area contributed by atoms with Gasteiger partial charge in [0.2, 0.25) is 5.91 Å². The molecule has 0 aliphatic carbocycles. The van der Waals surface area contributed by atoms with Crippen molar-refractivity contribution >= 4 is 17.6 Å². The Morgan fingerprint density at radius 2 is 2.16 bits per heavy atom. The zero-order chi connectivity index (χ0) is 13.8. The van der Waals surface area contributed by atoms with Crippen molar-refractivity contribution in [3.05, 3.63) is 30.1 Å². The van der Waals surface area contributed by atoms with Crippen LogP contribution in [0.5, 0.6) is 0 Å². The Bertz CT molecular complexity index is 493. The number of hydrogen-bond acceptors (Lipinski definition) is 3. The number of carbonyl (C=O) groups excluding carboxylic acids is 1. The third-order valence-electron chi connectivity index (χ3n) is 3.14. The monoisotopic (exact) mass is 266 g/mol. The van der Waals surface area contributed by atoms with E-state index < -0.39 is 17.7 Å². The summed E-state index contributed by atoms with van der Waals surface area (Å²) in [6.45, 7) is 1.01. The summed E-state index contributed by atoms with van der Waals surface area (Å²) in [5.74, 6) is -2.07. The van der Waals surface area contributed by atoms with Gasteiger partial charge in [-0.05, 0) is 25.1 Å². The lowest BCUT2D eigenvalue weighted by molar-refractivity contribution is -0.141. The highest BCUT2D eigenvalue weighted by Gasteiger charge is 2.28. The van der Waals surface area contributed by atoms with E-state index in [2.05, 4.69) is 5.32 Å². The number of benzene rings is 1. The summed E-state index contributed by atoms with van der Waals surface area (Å²) in [4.78, 5) is 24.3. The highest BCUT2D eigenvalue weighted by Crippen LogP contribution is 2.17. The first-order chi connectivity index (χ1) is 9.06. The van der Waals surface area contributed by atoms with Crippen LogP contribution in [0.1, 0.15) is 6.42 Å². The number of carbonyl (C=O) groups is 2. The van der Waals surface area contributed by atoms with Crippen LogP contribution in [0.15, 0.2) is 24.3 Å². The van der Waals surface area contributed by atoms with Crippen molar-refractivity contribution in [1.29, 1.82) is 0 Å². The molecule has 1 aliphatic rings. The molecule has 1 heterocycles. The largest absolute Gasteiger partial charge is 0.481 e. The molecule has 1 aliphatic heterocycles. The molecule has 0 radical (unpaired) electrons. The van der Waals surface area contributed by atoms with Gasteiger partial charge in [0.1, 0.15) is 5.82 Å². The number of hydrogen-bond donors (Lipinski definition) is 2. The molecule has 0 aromatic heterocycles. The van der Waals surface area contributed by atoms with E-state index in [0.717, 1.165) is 0 Å². The number of aliphatic carboxylic acids is 1. The maximum Gasteiger partial charge on any atom is 0.307 e. The van der Waals surface area contributed by atoms with Crippen molar-refractivity contribution in [3.63, 3.8) is 0 Å². The van der Waals surface area contributed by atoms with Crippen molar-refractivity contribution in [1.82, 2.24) is 4.90 Å². The van der Waals surface area contributed by atoms with Crippen molar-refractivity contribution in [2.75, 3.05) is 25.0 Å². The van der Waals surface area contributed by atoms with Crippen LogP contribution in [0.25, 0.3) is 0 Å². The number of nitrogens with one attached hydrogen (secondary N) is 1. The Kier molecular flexibility index (Phi) is 4.11. The summed E-state index contributed by atoms with van der Waals surface area (Å²) in [5, 5.41) is 11.3. The molecule has 19 heavy (non-hydrogen) atoms. The maximum atomic E-state index is 13.3. The Hall–Kier alpha value is -1.95. The number of para-hydroxylation sites is 1. The molecule has 1 aromatic carbocycles. The summed E-state index contributed by atoms with van der Waals surface area (Å²) in [7, 11) is 0. The predicted octanol–water partition coefficient (Wildman–Crippen LogP) is 1.17. The molecule has 2 rings (SSSR count). The van der Waals surface area contributed by atoms with Gasteiger partial charge < -0.3 is 10.4 Å². The molecule has 0 saturated carbocycles. The molecule has 1 unspecified atom stereocenters. The fraction of sp³-hybridized carbons (Fsp3) is 0.385. The summed E-state index contributed by atoms with van der Waals surface area (Å²) >= 11 is 0. The first-order valence-corrected chi connectivity index (χ1v) is 6.06. The number of rotatable bonds is 4. The zero-order valence-electron chi connectivity index (χ0n) is 10.3. The molecule has 1 atom stereocenters. The van der Waals surface area contributed by atoms with Gasteiger partial charge in [-0.3, -0.25) is 14.5 Å². The minimum atomic E-state index is -0.836. The predicted molar refractivity (Wildman–Crippen MR) is 67.2 cm³/mol. The molecule has 2 N–H and O–H groups in total. The summed E-state index contributed by atoms with van der Waals surface area (Å²) < 4.78 is 13.3. The fourth-order valence-electron chi connectivity index (χ4n) is 2.13. The van der Waals surface area contributed by atoms with Crippen molar-refractivity contribution in [3.8, 4) is 0 Å². The average Bonchev–Trinajstić information content (AvgIpc) is 2.80. The van der Waals surface area contributed by atoms with Gasteiger partial charge in [0.05, 0.1) is 18.2 Å². The molecule has 0 bridgehead atoms. The van der Waals surface area contributed by atoms with Crippen molar-refractivity contribution in [2.24, 2.45) is 5.92 Å². The summed E-state index contributed by atoms with van der Waals surface area (Å²) in [6.07, 6.45) is 0.544. The van der Waals surface area contributed by atoms with E-state index in [4.69, 9.17) is 5.11 Å². The van der Waals surface area contributed by atoms with Gasteiger partial charge in [-0.15, -0.1) is 0 Å². The Labute approximate surface area is 110 Å². The van der Waals surface area contributed by atoms with Crippen LogP contribution >= 0.6 is 0 Å². The molecular formula is C13H15FN2O3. The third kappa shape index (κ3) is 3.51. The van der Waals surface area contributed by atoms with Crippen LogP contribution in [0.4, 0.5) is 10.1 Å². The maximum absolute atomic E-state index is 13.3. The van der Waals surface area contributed by atoms with E-state index in [0.29, 0.717) is 19.5 Å². The molecule has 1 aromatic rings. The lowest BCUT2D eigenvalue weighted by Gasteiger charge is -2.14. The first kappa shape index (κ1) is 13.5. The number of amides is 1. The smallest absolute Gasteiger partial charge is 0.307 e. The van der Waals surface area contributed by atoms with Gasteiger partial charge in [0, 0.05) is 6.54 Å². The third-order valence-corrected chi connectivity index (χ3v) is 3.14. The number of anilines is 1. The molecule has 1 amide bonds. The molecule has 1 fully saturated rings. The number of carboxylic acid groups (broad SMARTS) is 1. The van der Waals surface area contributed by atoms with E-state index in [1.54, 1.807) is 17.0 Å². The van der Waals surface area contributed by atoms with E-state index in [-0.39, 0.29) is 18.1 Å². The quantitative estimate of drug-likeness (QED) is 0.858. The summed E-state index contributed by atoms with van der Waals surface area (Å²) in [6, 6.07) is 5.93. The normalized spacial score (nSPS) is 19.3. The van der Waals surface area contributed by atoms with Crippen molar-refractivity contribution < 1.29 is 19.1 Å². The minimum Gasteiger partial charge on any atom is -0.481 e. The second-order valence-electron chi connectivity index (χ2n) is 4.59. The highest BCUT2D eigenvalue weighted by atomic mass is 19.1. The first-order valence-electron chi connectivity index (χ1n) is 6.06. The molecule has 5 nitrogen and oxygen atoms in total. The van der Waals surface area contributed by atoms with E-state index in [1.807, 2.05) is 0 Å². The number of likely N-dealkylation sites (tertiary alicyclic amines) is 1. The van der Waals surface area contributed by atoms with Gasteiger partial charge >= 0.3 is 5.97 Å². The summed E-state index contributed by atoms with van der Waals surface area (Å²) in [5.41, 5.74) is 0.140. The topological polar surface area (TPSA) is 69.6 Å². The van der Waals surface area contributed by atoms with Crippen LogP contribution in [-0.2, 0) is 9.59 Å². The van der Waals surface area contributed by atoms with Crippen LogP contribution < -0.4 is 5.32 Å². The average molecular weight is 266 g/mol. The van der Waals surface area contributed by atoms with Gasteiger partial charge in [0.15, 0.2) is 0 Å². The Morgan fingerprint density at radius 1 is 1.42 bits per heavy atom. The van der Waals surface area contributed by atoms with Crippen LogP contribution in [-0.4, -0.2) is 41.5 Å². The van der Waals surface area contributed by atoms with Gasteiger partial charge in [-0.2, -0.15) is 0 Å². The molecule has 6 heteroatoms. The number of nitrogens with zero attached hydrogens (tertiary/aromatic N) is 1. The SMILES string of the molecule is O=C(CN1CCC(C(=O)O)C1)Nc1ccccc1F. The van der Waals surface area contributed by atoms with Crippen LogP contribution in [0, 0.1) is 11.7 Å². The fourth-order valence-corrected chi connectivity index (χ4v) is 2.13. The van der Waals surface area contributed by atoms with Crippen LogP contribution in [0.2, 0.25) is 0 Å². The van der Waals surface area contributed by atoms with Gasteiger partial charge in [-0.1, -0.05) is 12.1 Å². The minimum absolute atomic E-state index is 0.0815. The molecule has 0 spiro atoms. The van der Waals surface area contributed by atoms with E-state index in [1.165, 1.54) is 12.1 Å². The Morgan fingerprint density at radius 3 is 2.79 bits per heavy atom. The van der Waals surface area contributed by atoms with Gasteiger partial charge in [0.25, 0.3) is 0 Å². The zero-order valence-corrected chi connectivity index (χ0v) is 10.3. The number of carboxylic acids is 1. The van der Waals surface area contributed by atoms with E-state index >= 15 is 0 Å². The number of halogens is 1. The second kappa shape index (κ2) is 5.79. The highest BCUT2D eigenvalue weighted by molar-refractivity contribution is 5.92. The van der Waals surface area contributed by atoms with E-state index in [9.17, 15) is 14.0 Å².